The summed E-state index contributed by atoms with van der Waals surface area (Å²) >= 11 is 2.47. The molecule has 2 unspecified atom stereocenters. The molecule has 1 aromatic carbocycles. The molecule has 0 radical (unpaired) electrons. The maximum absolute atomic E-state index is 13.0. The van der Waals surface area contributed by atoms with E-state index < -0.39 is 28.4 Å². The molecule has 0 bridgehead atoms. The van der Waals surface area contributed by atoms with Crippen LogP contribution in [0.1, 0.15) is 17.4 Å². The number of anilines is 2. The molecule has 10 nitrogen and oxygen atoms in total. The quantitative estimate of drug-likeness (QED) is 0.368. The van der Waals surface area contributed by atoms with Crippen molar-refractivity contribution in [3.05, 3.63) is 44.1 Å². The van der Waals surface area contributed by atoms with Crippen LogP contribution in [0.15, 0.2) is 26.1 Å². The summed E-state index contributed by atoms with van der Waals surface area (Å²) in [5.74, 6) is 0.826. The number of thioether (sulfide) groups is 1. The van der Waals surface area contributed by atoms with Crippen LogP contribution in [0.25, 0.3) is 0 Å². The highest BCUT2D eigenvalue weighted by Crippen LogP contribution is 2.37. The van der Waals surface area contributed by atoms with Gasteiger partial charge in [0.15, 0.2) is 5.66 Å². The number of hydrogen-bond acceptors (Lipinski definition) is 12. The lowest BCUT2D eigenvalue weighted by molar-refractivity contribution is -0.147. The molecule has 0 aliphatic carbocycles. The molecule has 1 fully saturated rings. The van der Waals surface area contributed by atoms with Crippen LogP contribution in [0.2, 0.25) is 0 Å². The zero-order valence-electron chi connectivity index (χ0n) is 17.0. The van der Waals surface area contributed by atoms with Crippen LogP contribution >= 0.6 is 23.8 Å². The van der Waals surface area contributed by atoms with Crippen molar-refractivity contribution in [1.82, 2.24) is 9.91 Å². The lowest BCUT2D eigenvalue weighted by Crippen LogP contribution is -2.67. The fraction of sp³-hybridized carbons (Fsp3) is 0.500. The summed E-state index contributed by atoms with van der Waals surface area (Å²) in [6.45, 7) is 0.854. The monoisotopic (exact) mass is 455 g/mol. The number of nitrogen functional groups attached to an aromatic ring is 1. The molecule has 1 saturated heterocycles. The van der Waals surface area contributed by atoms with E-state index in [1.54, 1.807) is 6.07 Å². The molecular formula is C18H25N5O5S2. The van der Waals surface area contributed by atoms with Gasteiger partial charge in [-0.15, -0.1) is 0 Å². The molecule has 164 valence electrons. The van der Waals surface area contributed by atoms with Crippen molar-refractivity contribution in [2.75, 3.05) is 49.6 Å². The number of nitrogens with zero attached hydrogens (tertiary/aromatic N) is 2. The van der Waals surface area contributed by atoms with Crippen LogP contribution in [0, 0.1) is 0 Å². The molecule has 2 heterocycles. The van der Waals surface area contributed by atoms with E-state index in [1.165, 1.54) is 16.8 Å². The van der Waals surface area contributed by atoms with E-state index in [1.807, 2.05) is 31.3 Å². The largest absolute Gasteiger partial charge is 0.464 e. The average molecular weight is 456 g/mol. The second-order valence-corrected chi connectivity index (χ2v) is 9.00. The van der Waals surface area contributed by atoms with Crippen molar-refractivity contribution in [2.24, 2.45) is 5.73 Å². The Kier molecular flexibility index (Phi) is 6.82. The van der Waals surface area contributed by atoms with E-state index in [9.17, 15) is 14.4 Å². The van der Waals surface area contributed by atoms with Gasteiger partial charge in [-0.3, -0.25) is 9.59 Å². The molecule has 5 N–H and O–H groups in total. The minimum Gasteiger partial charge on any atom is -0.464 e. The fourth-order valence-corrected chi connectivity index (χ4v) is 4.62. The van der Waals surface area contributed by atoms with Crippen LogP contribution < -0.4 is 27.8 Å². The molecule has 2 aromatic rings. The molecular weight excluding hydrogens is 430 g/mol. The van der Waals surface area contributed by atoms with E-state index in [-0.39, 0.29) is 17.9 Å². The molecule has 1 aliphatic rings. The molecule has 12 heteroatoms. The van der Waals surface area contributed by atoms with Gasteiger partial charge in [-0.1, -0.05) is 0 Å². The predicted molar refractivity (Wildman–Crippen MR) is 119 cm³/mol. The summed E-state index contributed by atoms with van der Waals surface area (Å²) in [7, 11) is 3.85. The summed E-state index contributed by atoms with van der Waals surface area (Å²) in [5, 5.41) is 1.43. The van der Waals surface area contributed by atoms with Crippen LogP contribution in [0.5, 0.6) is 0 Å². The number of nitrogens with one attached hydrogen (secondary N) is 1. The highest BCUT2D eigenvalue weighted by atomic mass is 32.2. The third-order valence-electron chi connectivity index (χ3n) is 4.86. The maximum atomic E-state index is 13.0. The predicted octanol–water partition coefficient (Wildman–Crippen LogP) is 0.155. The summed E-state index contributed by atoms with van der Waals surface area (Å²) in [6, 6.07) is 3.64. The summed E-state index contributed by atoms with van der Waals surface area (Å²) in [5.41, 5.74) is 11.7. The Hall–Kier alpha value is -1.99. The SMILES string of the molecule is CSCC(c1ccc(CN(C)C)o1)C1(N)C(=O)OSCCN1Nc1c(N)c(=O)c1=O. The van der Waals surface area contributed by atoms with Crippen molar-refractivity contribution in [3.63, 3.8) is 0 Å². The third-order valence-corrected chi connectivity index (χ3v) is 6.15. The molecule has 0 saturated carbocycles. The fourth-order valence-electron chi connectivity index (χ4n) is 3.29. The van der Waals surface area contributed by atoms with Gasteiger partial charge in [0.2, 0.25) is 0 Å². The summed E-state index contributed by atoms with van der Waals surface area (Å²) < 4.78 is 11.3. The maximum Gasteiger partial charge on any atom is 0.355 e. The Morgan fingerprint density at radius 2 is 2.07 bits per heavy atom. The van der Waals surface area contributed by atoms with Gasteiger partial charge in [0.05, 0.1) is 24.5 Å². The zero-order chi connectivity index (χ0) is 22.1. The van der Waals surface area contributed by atoms with E-state index in [0.717, 1.165) is 17.8 Å². The van der Waals surface area contributed by atoms with Gasteiger partial charge in [-0.2, -0.15) is 16.8 Å². The first-order chi connectivity index (χ1) is 14.2. The van der Waals surface area contributed by atoms with E-state index in [4.69, 9.17) is 20.1 Å². The lowest BCUT2D eigenvalue weighted by atomic mass is 9.91. The van der Waals surface area contributed by atoms with Gasteiger partial charge in [0.25, 0.3) is 10.9 Å². The first-order valence-corrected chi connectivity index (χ1v) is 11.5. The minimum atomic E-state index is -1.70. The molecule has 1 aliphatic heterocycles. The van der Waals surface area contributed by atoms with Gasteiger partial charge in [-0.25, -0.2) is 4.79 Å². The van der Waals surface area contributed by atoms with E-state index in [0.29, 0.717) is 23.8 Å². The number of furan rings is 1. The Bertz CT molecular complexity index is 986. The minimum absolute atomic E-state index is 0.0647. The first kappa shape index (κ1) is 22.7. The smallest absolute Gasteiger partial charge is 0.355 e. The highest BCUT2D eigenvalue weighted by Gasteiger charge is 2.53. The van der Waals surface area contributed by atoms with Crippen molar-refractivity contribution < 1.29 is 13.4 Å². The van der Waals surface area contributed by atoms with Crippen molar-refractivity contribution in [1.29, 1.82) is 0 Å². The van der Waals surface area contributed by atoms with Crippen LogP contribution in [0.3, 0.4) is 0 Å². The number of nitrogens with two attached hydrogens (primary N) is 2. The summed E-state index contributed by atoms with van der Waals surface area (Å²) in [6.07, 6.45) is 1.89. The number of carbonyl (C=O) groups is 1. The standard InChI is InChI=1S/C18H25N5O5S2/c1-22(2)8-10-4-5-12(27-10)11(9-29-3)18(20)17(26)28-30-7-6-23(18)21-14-13(19)15(24)16(14)25/h4-5,11,21H,6-9,19-20H2,1-3H3. The van der Waals surface area contributed by atoms with Crippen LogP contribution in [-0.4, -0.2) is 59.9 Å². The van der Waals surface area contributed by atoms with Crippen LogP contribution in [0.4, 0.5) is 11.4 Å². The highest BCUT2D eigenvalue weighted by molar-refractivity contribution is 7.98. The summed E-state index contributed by atoms with van der Waals surface area (Å²) in [4.78, 5) is 38.4. The average Bonchev–Trinajstić information content (AvgIpc) is 3.11. The zero-order valence-corrected chi connectivity index (χ0v) is 18.6. The van der Waals surface area contributed by atoms with Gasteiger partial charge in [0, 0.05) is 18.1 Å². The van der Waals surface area contributed by atoms with E-state index in [2.05, 4.69) is 5.43 Å². The normalized spacial score (nSPS) is 21.6. The molecule has 0 spiro atoms. The van der Waals surface area contributed by atoms with Crippen molar-refractivity contribution in [2.45, 2.75) is 18.1 Å². The second-order valence-electron chi connectivity index (χ2n) is 7.28. The third kappa shape index (κ3) is 4.10. The van der Waals surface area contributed by atoms with E-state index >= 15 is 0 Å². The lowest BCUT2D eigenvalue weighted by Gasteiger charge is -2.41. The second kappa shape index (κ2) is 9.02. The Labute approximate surface area is 182 Å². The molecule has 30 heavy (non-hydrogen) atoms. The van der Waals surface area contributed by atoms with Gasteiger partial charge < -0.3 is 30.4 Å². The van der Waals surface area contributed by atoms with Gasteiger partial charge in [-0.05, 0) is 32.5 Å². The molecule has 0 amide bonds. The van der Waals surface area contributed by atoms with Crippen LogP contribution in [-0.2, 0) is 15.5 Å². The number of hydrogen-bond donors (Lipinski definition) is 3. The Morgan fingerprint density at radius 3 is 2.70 bits per heavy atom. The Morgan fingerprint density at radius 1 is 1.33 bits per heavy atom. The number of rotatable bonds is 8. The molecule has 1 aromatic heterocycles. The molecule has 2 atom stereocenters. The van der Waals surface area contributed by atoms with Crippen molar-refractivity contribution >= 4 is 41.1 Å². The number of carbonyl (C=O) groups excluding carboxylic acids is 1. The van der Waals surface area contributed by atoms with Gasteiger partial charge >= 0.3 is 5.97 Å². The topological polar surface area (TPSA) is 144 Å². The first-order valence-electron chi connectivity index (χ1n) is 9.18. The Balaban J connectivity index is 2.01. The number of hydrazine groups is 1. The van der Waals surface area contributed by atoms with Gasteiger partial charge in [0.1, 0.15) is 22.9 Å². The molecule has 3 rings (SSSR count). The van der Waals surface area contributed by atoms with Crippen molar-refractivity contribution in [3.8, 4) is 0 Å².